The second-order valence-corrected chi connectivity index (χ2v) is 5.48. The first kappa shape index (κ1) is 11.0. The second kappa shape index (κ2) is 3.98. The van der Waals surface area contributed by atoms with Gasteiger partial charge in [0.2, 0.25) is 0 Å². The first-order chi connectivity index (χ1) is 5.97. The lowest BCUT2D eigenvalue weighted by molar-refractivity contribution is 0.501. The number of rotatable bonds is 3. The van der Waals surface area contributed by atoms with Crippen molar-refractivity contribution < 1.29 is 0 Å². The third kappa shape index (κ3) is 2.45. The van der Waals surface area contributed by atoms with Gasteiger partial charge in [-0.2, -0.15) is 0 Å². The number of hydrogen-bond acceptors (Lipinski definition) is 3. The van der Waals surface area contributed by atoms with Crippen LogP contribution in [-0.2, 0) is 0 Å². The highest BCUT2D eigenvalue weighted by Crippen LogP contribution is 2.31. The van der Waals surface area contributed by atoms with Crippen LogP contribution in [-0.4, -0.2) is 19.1 Å². The Morgan fingerprint density at radius 1 is 1.62 bits per heavy atom. The van der Waals surface area contributed by atoms with Gasteiger partial charge < -0.3 is 10.6 Å². The van der Waals surface area contributed by atoms with Crippen LogP contribution in [0.2, 0.25) is 0 Å². The zero-order valence-electron chi connectivity index (χ0n) is 8.17. The van der Waals surface area contributed by atoms with Gasteiger partial charge in [-0.1, -0.05) is 0 Å². The van der Waals surface area contributed by atoms with Gasteiger partial charge in [-0.15, -0.1) is 11.3 Å². The lowest BCUT2D eigenvalue weighted by atomic mass is 10.0. The molecule has 74 valence electrons. The quantitative estimate of drug-likeness (QED) is 0.908. The fourth-order valence-electron chi connectivity index (χ4n) is 0.914. The number of anilines is 1. The van der Waals surface area contributed by atoms with Gasteiger partial charge in [0, 0.05) is 29.0 Å². The number of nitrogens with zero attached hydrogens (tertiary/aromatic N) is 1. The highest BCUT2D eigenvalue weighted by atomic mass is 79.9. The number of thiophene rings is 1. The van der Waals surface area contributed by atoms with Gasteiger partial charge in [-0.25, -0.2) is 0 Å². The summed E-state index contributed by atoms with van der Waals surface area (Å²) < 4.78 is 1.13. The predicted octanol–water partition coefficient (Wildman–Crippen LogP) is 2.68. The number of likely N-dealkylation sites (N-methyl/N-ethyl adjacent to an activating group) is 1. The molecule has 0 atom stereocenters. The summed E-state index contributed by atoms with van der Waals surface area (Å²) in [5, 5.41) is 3.32. The van der Waals surface area contributed by atoms with E-state index in [9.17, 15) is 0 Å². The van der Waals surface area contributed by atoms with E-state index in [0.29, 0.717) is 6.54 Å². The van der Waals surface area contributed by atoms with Crippen molar-refractivity contribution in [1.82, 2.24) is 0 Å². The molecule has 1 heterocycles. The Hall–Kier alpha value is -0.0600. The van der Waals surface area contributed by atoms with Crippen molar-refractivity contribution >= 4 is 32.3 Å². The smallest absolute Gasteiger partial charge is 0.0922 e. The minimum absolute atomic E-state index is 0.0181. The van der Waals surface area contributed by atoms with Crippen LogP contribution in [0, 0.1) is 0 Å². The zero-order valence-corrected chi connectivity index (χ0v) is 10.6. The Morgan fingerprint density at radius 3 is 2.62 bits per heavy atom. The first-order valence-corrected chi connectivity index (χ1v) is 5.82. The lowest BCUT2D eigenvalue weighted by Gasteiger charge is -2.35. The van der Waals surface area contributed by atoms with E-state index in [1.807, 2.05) is 0 Å². The molecule has 0 radical (unpaired) electrons. The fraction of sp³-hybridized carbons (Fsp3) is 0.556. The molecular formula is C9H15BrN2S. The summed E-state index contributed by atoms with van der Waals surface area (Å²) in [6, 6.07) is 2.11. The van der Waals surface area contributed by atoms with Crippen molar-refractivity contribution in [2.45, 2.75) is 19.4 Å². The Morgan fingerprint density at radius 2 is 2.23 bits per heavy atom. The van der Waals surface area contributed by atoms with E-state index in [1.54, 1.807) is 11.3 Å². The largest absolute Gasteiger partial charge is 0.360 e. The van der Waals surface area contributed by atoms with E-state index >= 15 is 0 Å². The van der Waals surface area contributed by atoms with Crippen LogP contribution < -0.4 is 10.6 Å². The zero-order chi connectivity index (χ0) is 10.1. The summed E-state index contributed by atoms with van der Waals surface area (Å²) >= 11 is 5.16. The van der Waals surface area contributed by atoms with Crippen LogP contribution in [0.15, 0.2) is 15.9 Å². The van der Waals surface area contributed by atoms with Crippen LogP contribution >= 0.6 is 27.3 Å². The molecule has 0 saturated carbocycles. The van der Waals surface area contributed by atoms with E-state index in [2.05, 4.69) is 53.2 Å². The van der Waals surface area contributed by atoms with Gasteiger partial charge >= 0.3 is 0 Å². The Labute approximate surface area is 91.9 Å². The molecule has 1 rings (SSSR count). The van der Waals surface area contributed by atoms with Gasteiger partial charge in [0.25, 0.3) is 0 Å². The maximum atomic E-state index is 5.70. The highest BCUT2D eigenvalue weighted by molar-refractivity contribution is 9.10. The monoisotopic (exact) mass is 262 g/mol. The standard InChI is InChI=1S/C9H15BrN2S/c1-9(2,6-11)12(3)8-4-7(10)5-13-8/h4-5H,6,11H2,1-3H3. The molecule has 4 heteroatoms. The Bertz CT molecular complexity index is 283. The minimum atomic E-state index is 0.0181. The number of hydrogen-bond donors (Lipinski definition) is 1. The molecule has 1 aromatic rings. The van der Waals surface area contributed by atoms with Crippen molar-refractivity contribution in [2.24, 2.45) is 5.73 Å². The van der Waals surface area contributed by atoms with E-state index in [1.165, 1.54) is 5.00 Å². The number of halogens is 1. The highest BCUT2D eigenvalue weighted by Gasteiger charge is 2.22. The van der Waals surface area contributed by atoms with Gasteiger partial charge in [-0.3, -0.25) is 0 Å². The van der Waals surface area contributed by atoms with E-state index in [4.69, 9.17) is 5.73 Å². The molecule has 2 nitrogen and oxygen atoms in total. The minimum Gasteiger partial charge on any atom is -0.360 e. The third-order valence-corrected chi connectivity index (χ3v) is 4.06. The third-order valence-electron chi connectivity index (χ3n) is 2.29. The molecule has 0 aliphatic rings. The number of nitrogens with two attached hydrogens (primary N) is 1. The van der Waals surface area contributed by atoms with Crippen LogP contribution in [0.25, 0.3) is 0 Å². The van der Waals surface area contributed by atoms with Crippen LogP contribution in [0.3, 0.4) is 0 Å². The Balaban J connectivity index is 2.84. The molecule has 0 aromatic carbocycles. The molecule has 0 unspecified atom stereocenters. The topological polar surface area (TPSA) is 29.3 Å². The average Bonchev–Trinajstić information content (AvgIpc) is 2.50. The molecule has 0 aliphatic heterocycles. The van der Waals surface area contributed by atoms with Crippen LogP contribution in [0.5, 0.6) is 0 Å². The predicted molar refractivity (Wildman–Crippen MR) is 63.6 cm³/mol. The summed E-state index contributed by atoms with van der Waals surface area (Å²) in [7, 11) is 2.07. The van der Waals surface area contributed by atoms with Crippen molar-refractivity contribution in [2.75, 3.05) is 18.5 Å². The van der Waals surface area contributed by atoms with Crippen LogP contribution in [0.4, 0.5) is 5.00 Å². The molecule has 0 fully saturated rings. The molecule has 0 aliphatic carbocycles. The van der Waals surface area contributed by atoms with E-state index < -0.39 is 0 Å². The van der Waals surface area contributed by atoms with Gasteiger partial charge in [-0.05, 0) is 35.8 Å². The molecule has 0 saturated heterocycles. The normalized spacial score (nSPS) is 11.8. The molecule has 1 aromatic heterocycles. The first-order valence-electron chi connectivity index (χ1n) is 4.15. The van der Waals surface area contributed by atoms with E-state index in [-0.39, 0.29) is 5.54 Å². The SMILES string of the molecule is CN(c1cc(Br)cs1)C(C)(C)CN. The molecule has 0 bridgehead atoms. The summed E-state index contributed by atoms with van der Waals surface area (Å²) in [5.74, 6) is 0. The van der Waals surface area contributed by atoms with Crippen LogP contribution in [0.1, 0.15) is 13.8 Å². The summed E-state index contributed by atoms with van der Waals surface area (Å²) in [6.07, 6.45) is 0. The van der Waals surface area contributed by atoms with Crippen molar-refractivity contribution in [1.29, 1.82) is 0 Å². The van der Waals surface area contributed by atoms with Gasteiger partial charge in [0.05, 0.1) is 5.00 Å². The summed E-state index contributed by atoms with van der Waals surface area (Å²) in [5.41, 5.74) is 5.72. The maximum Gasteiger partial charge on any atom is 0.0922 e. The second-order valence-electron chi connectivity index (χ2n) is 3.68. The molecule has 0 amide bonds. The lowest BCUT2D eigenvalue weighted by Crippen LogP contribution is -2.46. The fourth-order valence-corrected chi connectivity index (χ4v) is 2.46. The molecular weight excluding hydrogens is 248 g/mol. The average molecular weight is 263 g/mol. The summed E-state index contributed by atoms with van der Waals surface area (Å²) in [6.45, 7) is 4.93. The van der Waals surface area contributed by atoms with Gasteiger partial charge in [0.1, 0.15) is 0 Å². The summed E-state index contributed by atoms with van der Waals surface area (Å²) in [4.78, 5) is 2.21. The van der Waals surface area contributed by atoms with Crippen molar-refractivity contribution in [3.63, 3.8) is 0 Å². The van der Waals surface area contributed by atoms with Gasteiger partial charge in [0.15, 0.2) is 0 Å². The van der Waals surface area contributed by atoms with E-state index in [0.717, 1.165) is 4.47 Å². The molecule has 0 spiro atoms. The molecule has 2 N–H and O–H groups in total. The Kier molecular flexibility index (Phi) is 3.38. The van der Waals surface area contributed by atoms with Crippen molar-refractivity contribution in [3.05, 3.63) is 15.9 Å². The van der Waals surface area contributed by atoms with Crippen molar-refractivity contribution in [3.8, 4) is 0 Å². The molecule has 13 heavy (non-hydrogen) atoms. The maximum absolute atomic E-state index is 5.70.